The summed E-state index contributed by atoms with van der Waals surface area (Å²) in [6.45, 7) is 5.21. The number of benzene rings is 1. The Morgan fingerprint density at radius 3 is 2.79 bits per heavy atom. The van der Waals surface area contributed by atoms with Crippen molar-refractivity contribution in [2.45, 2.75) is 6.04 Å². The van der Waals surface area contributed by atoms with Crippen LogP contribution in [0.15, 0.2) is 30.3 Å². The summed E-state index contributed by atoms with van der Waals surface area (Å²) in [5, 5.41) is 3.43. The largest absolute Gasteiger partial charge is 0.305 e. The fourth-order valence-corrected chi connectivity index (χ4v) is 2.29. The van der Waals surface area contributed by atoms with Crippen molar-refractivity contribution in [2.24, 2.45) is 0 Å². The molecule has 0 radical (unpaired) electrons. The van der Waals surface area contributed by atoms with Gasteiger partial charge in [0.15, 0.2) is 0 Å². The van der Waals surface area contributed by atoms with E-state index in [0.717, 1.165) is 31.7 Å². The van der Waals surface area contributed by atoms with Gasteiger partial charge in [0.25, 0.3) is 0 Å². The summed E-state index contributed by atoms with van der Waals surface area (Å²) in [5.41, 5.74) is 1.08. The number of rotatable bonds is 3. The lowest BCUT2D eigenvalue weighted by Crippen LogP contribution is -2.53. The van der Waals surface area contributed by atoms with E-state index in [2.05, 4.69) is 41.1 Å². The number of hydrogen-bond acceptors (Lipinski definition) is 3. The first kappa shape index (κ1) is 14.1. The standard InChI is InChI=1S/C16H23N3/c1-18-11-12-19(2)16(14-18)13-17-10-6-9-15-7-4-3-5-8-15/h3-5,7-8,16-17H,10-14H2,1-2H3. The van der Waals surface area contributed by atoms with Crippen molar-refractivity contribution in [2.75, 3.05) is 46.8 Å². The highest BCUT2D eigenvalue weighted by molar-refractivity contribution is 5.33. The molecule has 1 aliphatic rings. The lowest BCUT2D eigenvalue weighted by atomic mass is 10.2. The van der Waals surface area contributed by atoms with Gasteiger partial charge in [-0.1, -0.05) is 30.0 Å². The van der Waals surface area contributed by atoms with Crippen LogP contribution in [0.25, 0.3) is 0 Å². The van der Waals surface area contributed by atoms with Gasteiger partial charge in [-0.3, -0.25) is 4.90 Å². The van der Waals surface area contributed by atoms with Gasteiger partial charge in [-0.2, -0.15) is 0 Å². The molecule has 1 aromatic rings. The highest BCUT2D eigenvalue weighted by Crippen LogP contribution is 2.04. The van der Waals surface area contributed by atoms with E-state index in [1.165, 1.54) is 6.54 Å². The van der Waals surface area contributed by atoms with Crippen LogP contribution in [0.5, 0.6) is 0 Å². The van der Waals surface area contributed by atoms with Gasteiger partial charge < -0.3 is 10.2 Å². The predicted octanol–water partition coefficient (Wildman–Crippen LogP) is 0.874. The number of hydrogen-bond donors (Lipinski definition) is 1. The average molecular weight is 257 g/mol. The first-order valence-corrected chi connectivity index (χ1v) is 6.89. The molecule has 0 bridgehead atoms. The van der Waals surface area contributed by atoms with E-state index in [1.54, 1.807) is 0 Å². The topological polar surface area (TPSA) is 18.5 Å². The second kappa shape index (κ2) is 7.30. The average Bonchev–Trinajstić information content (AvgIpc) is 2.43. The van der Waals surface area contributed by atoms with Crippen LogP contribution in [0.2, 0.25) is 0 Å². The Balaban J connectivity index is 1.71. The molecule has 0 spiro atoms. The van der Waals surface area contributed by atoms with E-state index in [0.29, 0.717) is 6.04 Å². The van der Waals surface area contributed by atoms with Gasteiger partial charge in [-0.15, -0.1) is 0 Å². The zero-order valence-corrected chi connectivity index (χ0v) is 11.9. The minimum atomic E-state index is 0.595. The SMILES string of the molecule is CN1CCN(C)C(CNCC#Cc2ccccc2)C1. The molecule has 0 aliphatic carbocycles. The maximum absolute atomic E-state index is 3.43. The summed E-state index contributed by atoms with van der Waals surface area (Å²) >= 11 is 0. The Hall–Kier alpha value is -1.34. The zero-order chi connectivity index (χ0) is 13.5. The second-order valence-corrected chi connectivity index (χ2v) is 5.20. The van der Waals surface area contributed by atoms with Crippen LogP contribution in [-0.2, 0) is 0 Å². The monoisotopic (exact) mass is 257 g/mol. The Morgan fingerprint density at radius 2 is 2.00 bits per heavy atom. The number of nitrogens with one attached hydrogen (secondary N) is 1. The van der Waals surface area contributed by atoms with Crippen molar-refractivity contribution in [3.63, 3.8) is 0 Å². The predicted molar refractivity (Wildman–Crippen MR) is 80.1 cm³/mol. The van der Waals surface area contributed by atoms with E-state index < -0.39 is 0 Å². The Labute approximate surface area is 116 Å². The van der Waals surface area contributed by atoms with Crippen LogP contribution in [0.1, 0.15) is 5.56 Å². The Kier molecular flexibility index (Phi) is 5.41. The van der Waals surface area contributed by atoms with Crippen LogP contribution >= 0.6 is 0 Å². The van der Waals surface area contributed by atoms with Gasteiger partial charge in [0, 0.05) is 37.8 Å². The molecule has 3 nitrogen and oxygen atoms in total. The normalized spacial score (nSPS) is 20.8. The maximum atomic E-state index is 3.43. The number of nitrogens with zero attached hydrogens (tertiary/aromatic N) is 2. The second-order valence-electron chi connectivity index (χ2n) is 5.20. The van der Waals surface area contributed by atoms with E-state index in [1.807, 2.05) is 30.3 Å². The van der Waals surface area contributed by atoms with Gasteiger partial charge in [-0.05, 0) is 26.2 Å². The molecular formula is C16H23N3. The molecule has 1 N–H and O–H groups in total. The van der Waals surface area contributed by atoms with Crippen molar-refractivity contribution < 1.29 is 0 Å². The van der Waals surface area contributed by atoms with E-state index in [9.17, 15) is 0 Å². The first-order valence-electron chi connectivity index (χ1n) is 6.89. The smallest absolute Gasteiger partial charge is 0.0580 e. The lowest BCUT2D eigenvalue weighted by Gasteiger charge is -2.37. The third-order valence-corrected chi connectivity index (χ3v) is 3.58. The third kappa shape index (κ3) is 4.68. The van der Waals surface area contributed by atoms with Crippen molar-refractivity contribution in [1.29, 1.82) is 0 Å². The quantitative estimate of drug-likeness (QED) is 0.640. The third-order valence-electron chi connectivity index (χ3n) is 3.58. The molecule has 3 heteroatoms. The van der Waals surface area contributed by atoms with Gasteiger partial charge in [0.2, 0.25) is 0 Å². The van der Waals surface area contributed by atoms with E-state index >= 15 is 0 Å². The summed E-state index contributed by atoms with van der Waals surface area (Å²) in [6.07, 6.45) is 0. The molecule has 1 aliphatic heterocycles. The summed E-state index contributed by atoms with van der Waals surface area (Å²) in [6, 6.07) is 10.7. The number of piperazine rings is 1. The van der Waals surface area contributed by atoms with Crippen LogP contribution in [-0.4, -0.2) is 62.7 Å². The zero-order valence-electron chi connectivity index (χ0n) is 11.9. The van der Waals surface area contributed by atoms with Crippen LogP contribution < -0.4 is 5.32 Å². The first-order chi connectivity index (χ1) is 9.25. The Bertz CT molecular complexity index is 432. The summed E-state index contributed by atoms with van der Waals surface area (Å²) in [4.78, 5) is 4.82. The lowest BCUT2D eigenvalue weighted by molar-refractivity contribution is 0.114. The highest BCUT2D eigenvalue weighted by atomic mass is 15.3. The van der Waals surface area contributed by atoms with Crippen molar-refractivity contribution in [3.8, 4) is 11.8 Å². The minimum Gasteiger partial charge on any atom is -0.305 e. The molecular weight excluding hydrogens is 234 g/mol. The fraction of sp³-hybridized carbons (Fsp3) is 0.500. The van der Waals surface area contributed by atoms with Gasteiger partial charge in [0.1, 0.15) is 0 Å². The molecule has 1 aromatic carbocycles. The molecule has 0 aromatic heterocycles. The molecule has 1 heterocycles. The number of likely N-dealkylation sites (N-methyl/N-ethyl adjacent to an activating group) is 2. The summed E-state index contributed by atoms with van der Waals surface area (Å²) in [5.74, 6) is 6.34. The van der Waals surface area contributed by atoms with Crippen LogP contribution in [0, 0.1) is 11.8 Å². The molecule has 19 heavy (non-hydrogen) atoms. The molecule has 2 rings (SSSR count). The fourth-order valence-electron chi connectivity index (χ4n) is 2.29. The van der Waals surface area contributed by atoms with Gasteiger partial charge >= 0.3 is 0 Å². The van der Waals surface area contributed by atoms with Crippen LogP contribution in [0.4, 0.5) is 0 Å². The van der Waals surface area contributed by atoms with E-state index in [4.69, 9.17) is 0 Å². The Morgan fingerprint density at radius 1 is 1.21 bits per heavy atom. The van der Waals surface area contributed by atoms with E-state index in [-0.39, 0.29) is 0 Å². The van der Waals surface area contributed by atoms with Crippen molar-refractivity contribution in [3.05, 3.63) is 35.9 Å². The van der Waals surface area contributed by atoms with Gasteiger partial charge in [0.05, 0.1) is 6.54 Å². The van der Waals surface area contributed by atoms with Gasteiger partial charge in [-0.25, -0.2) is 0 Å². The molecule has 1 saturated heterocycles. The molecule has 102 valence electrons. The molecule has 1 fully saturated rings. The highest BCUT2D eigenvalue weighted by Gasteiger charge is 2.21. The molecule has 0 amide bonds. The molecule has 0 saturated carbocycles. The minimum absolute atomic E-state index is 0.595. The van der Waals surface area contributed by atoms with Crippen molar-refractivity contribution in [1.82, 2.24) is 15.1 Å². The van der Waals surface area contributed by atoms with Crippen molar-refractivity contribution >= 4 is 0 Å². The van der Waals surface area contributed by atoms with Crippen LogP contribution in [0.3, 0.4) is 0 Å². The summed E-state index contributed by atoms with van der Waals surface area (Å²) in [7, 11) is 4.39. The molecule has 1 unspecified atom stereocenters. The maximum Gasteiger partial charge on any atom is 0.0580 e. The summed E-state index contributed by atoms with van der Waals surface area (Å²) < 4.78 is 0. The molecule has 1 atom stereocenters.